The molecule has 1 aromatic rings. The molecule has 0 aliphatic rings. The zero-order valence-corrected chi connectivity index (χ0v) is 13.1. The second kappa shape index (κ2) is 7.73. The van der Waals surface area contributed by atoms with Crippen molar-refractivity contribution in [3.8, 4) is 0 Å². The summed E-state index contributed by atoms with van der Waals surface area (Å²) in [7, 11) is -1.90. The maximum Gasteiger partial charge on any atom is 0.240 e. The van der Waals surface area contributed by atoms with E-state index in [4.69, 9.17) is 10.5 Å². The lowest BCUT2D eigenvalue weighted by atomic mass is 10.1. The zero-order valence-electron chi connectivity index (χ0n) is 12.3. The molecule has 0 aliphatic heterocycles. The van der Waals surface area contributed by atoms with Crippen LogP contribution in [0, 0.1) is 5.92 Å². The Bertz CT molecular complexity index is 517. The summed E-state index contributed by atoms with van der Waals surface area (Å²) in [5.74, 6) is 0.121. The van der Waals surface area contributed by atoms with Crippen LogP contribution in [-0.2, 0) is 14.8 Å². The Balaban J connectivity index is 2.82. The van der Waals surface area contributed by atoms with E-state index in [9.17, 15) is 8.42 Å². The van der Waals surface area contributed by atoms with E-state index in [-0.39, 0.29) is 16.9 Å². The van der Waals surface area contributed by atoms with E-state index in [1.165, 1.54) is 0 Å². The standard InChI is InChI=1S/C14H24N2O3S/c1-4-14(15)12-6-5-7-13(8-12)20(17,18)16-9-11(2)10-19-3/h5-8,11,14,16H,4,9-10,15H2,1-3H3. The van der Waals surface area contributed by atoms with Crippen molar-refractivity contribution < 1.29 is 13.2 Å². The topological polar surface area (TPSA) is 81.4 Å². The van der Waals surface area contributed by atoms with E-state index >= 15 is 0 Å². The van der Waals surface area contributed by atoms with Gasteiger partial charge in [0.25, 0.3) is 0 Å². The molecule has 0 aliphatic carbocycles. The summed E-state index contributed by atoms with van der Waals surface area (Å²) >= 11 is 0. The molecule has 0 amide bonds. The Labute approximate surface area is 121 Å². The first-order chi connectivity index (χ1) is 9.40. The van der Waals surface area contributed by atoms with Crippen molar-refractivity contribution in [2.45, 2.75) is 31.2 Å². The highest BCUT2D eigenvalue weighted by molar-refractivity contribution is 7.89. The molecule has 20 heavy (non-hydrogen) atoms. The lowest BCUT2D eigenvalue weighted by Crippen LogP contribution is -2.30. The number of nitrogens with one attached hydrogen (secondary N) is 1. The molecule has 0 bridgehead atoms. The molecule has 2 unspecified atom stereocenters. The van der Waals surface area contributed by atoms with Gasteiger partial charge in [0.15, 0.2) is 0 Å². The molecule has 0 radical (unpaired) electrons. The van der Waals surface area contributed by atoms with Crippen LogP contribution in [-0.4, -0.2) is 28.7 Å². The Hall–Kier alpha value is -0.950. The Kier molecular flexibility index (Phi) is 6.61. The van der Waals surface area contributed by atoms with Gasteiger partial charge >= 0.3 is 0 Å². The van der Waals surface area contributed by atoms with Crippen LogP contribution in [0.4, 0.5) is 0 Å². The van der Waals surface area contributed by atoms with Crippen molar-refractivity contribution in [3.63, 3.8) is 0 Å². The Morgan fingerprint density at radius 2 is 2.10 bits per heavy atom. The van der Waals surface area contributed by atoms with Crippen LogP contribution >= 0.6 is 0 Å². The highest BCUT2D eigenvalue weighted by atomic mass is 32.2. The van der Waals surface area contributed by atoms with Gasteiger partial charge < -0.3 is 10.5 Å². The molecule has 1 aromatic carbocycles. The fraction of sp³-hybridized carbons (Fsp3) is 0.571. The molecule has 0 saturated carbocycles. The fourth-order valence-electron chi connectivity index (χ4n) is 1.83. The normalized spacial score (nSPS) is 15.0. The predicted molar refractivity (Wildman–Crippen MR) is 79.9 cm³/mol. The molecule has 0 aromatic heterocycles. The van der Waals surface area contributed by atoms with E-state index < -0.39 is 10.0 Å². The summed E-state index contributed by atoms with van der Waals surface area (Å²) < 4.78 is 32.0. The third kappa shape index (κ3) is 4.86. The summed E-state index contributed by atoms with van der Waals surface area (Å²) in [6, 6.07) is 6.64. The number of ether oxygens (including phenoxy) is 1. The average Bonchev–Trinajstić information content (AvgIpc) is 2.45. The summed E-state index contributed by atoms with van der Waals surface area (Å²) in [6.07, 6.45) is 0.766. The minimum atomic E-state index is -3.50. The largest absolute Gasteiger partial charge is 0.384 e. The van der Waals surface area contributed by atoms with Crippen molar-refractivity contribution in [2.75, 3.05) is 20.3 Å². The third-order valence-electron chi connectivity index (χ3n) is 3.11. The number of hydrogen-bond acceptors (Lipinski definition) is 4. The number of benzene rings is 1. The first kappa shape index (κ1) is 17.1. The average molecular weight is 300 g/mol. The van der Waals surface area contributed by atoms with Crippen LogP contribution in [0.25, 0.3) is 0 Å². The number of rotatable bonds is 8. The van der Waals surface area contributed by atoms with Gasteiger partial charge in [-0.05, 0) is 30.0 Å². The zero-order chi connectivity index (χ0) is 15.2. The lowest BCUT2D eigenvalue weighted by Gasteiger charge is -2.14. The molecular weight excluding hydrogens is 276 g/mol. The van der Waals surface area contributed by atoms with Crippen molar-refractivity contribution in [1.82, 2.24) is 4.72 Å². The summed E-state index contributed by atoms with van der Waals surface area (Å²) in [5, 5.41) is 0. The monoisotopic (exact) mass is 300 g/mol. The van der Waals surface area contributed by atoms with Gasteiger partial charge in [0.1, 0.15) is 0 Å². The molecule has 0 heterocycles. The van der Waals surface area contributed by atoms with Gasteiger partial charge in [-0.1, -0.05) is 26.0 Å². The first-order valence-electron chi connectivity index (χ1n) is 6.74. The molecule has 5 nitrogen and oxygen atoms in total. The van der Waals surface area contributed by atoms with E-state index in [0.29, 0.717) is 13.2 Å². The molecule has 114 valence electrons. The van der Waals surface area contributed by atoms with Gasteiger partial charge in [-0.3, -0.25) is 0 Å². The van der Waals surface area contributed by atoms with Gasteiger partial charge in [0.05, 0.1) is 4.90 Å². The van der Waals surface area contributed by atoms with Crippen molar-refractivity contribution in [2.24, 2.45) is 11.7 Å². The van der Waals surface area contributed by atoms with Gasteiger partial charge in [0.2, 0.25) is 10.0 Å². The van der Waals surface area contributed by atoms with Crippen molar-refractivity contribution in [3.05, 3.63) is 29.8 Å². The Morgan fingerprint density at radius 1 is 1.40 bits per heavy atom. The minimum absolute atomic E-state index is 0.121. The maximum atomic E-state index is 12.2. The SMILES string of the molecule is CCC(N)c1cccc(S(=O)(=O)NCC(C)COC)c1. The van der Waals surface area contributed by atoms with Gasteiger partial charge in [-0.2, -0.15) is 0 Å². The van der Waals surface area contributed by atoms with Crippen molar-refractivity contribution >= 4 is 10.0 Å². The minimum Gasteiger partial charge on any atom is -0.384 e. The van der Waals surface area contributed by atoms with E-state index in [1.54, 1.807) is 25.3 Å². The van der Waals surface area contributed by atoms with Crippen LogP contribution < -0.4 is 10.5 Å². The molecule has 2 atom stereocenters. The Morgan fingerprint density at radius 3 is 2.70 bits per heavy atom. The fourth-order valence-corrected chi connectivity index (χ4v) is 3.05. The van der Waals surface area contributed by atoms with Crippen molar-refractivity contribution in [1.29, 1.82) is 0 Å². The molecule has 0 saturated heterocycles. The predicted octanol–water partition coefficient (Wildman–Crippen LogP) is 1.66. The molecule has 3 N–H and O–H groups in total. The molecule has 0 fully saturated rings. The first-order valence-corrected chi connectivity index (χ1v) is 8.23. The summed E-state index contributed by atoms with van der Waals surface area (Å²) in [6.45, 7) is 4.76. The quantitative estimate of drug-likeness (QED) is 0.765. The van der Waals surface area contributed by atoms with Crippen LogP contribution in [0.1, 0.15) is 31.9 Å². The number of hydrogen-bond donors (Lipinski definition) is 2. The van der Waals surface area contributed by atoms with Crippen LogP contribution in [0.15, 0.2) is 29.2 Å². The maximum absolute atomic E-state index is 12.2. The van der Waals surface area contributed by atoms with Crippen LogP contribution in [0.5, 0.6) is 0 Å². The van der Waals surface area contributed by atoms with Gasteiger partial charge in [0, 0.05) is 26.3 Å². The summed E-state index contributed by atoms with van der Waals surface area (Å²) in [4.78, 5) is 0.253. The second-order valence-electron chi connectivity index (χ2n) is 5.00. The van der Waals surface area contributed by atoms with E-state index in [1.807, 2.05) is 19.9 Å². The molecular formula is C14H24N2O3S. The van der Waals surface area contributed by atoms with Gasteiger partial charge in [-0.25, -0.2) is 13.1 Å². The molecule has 0 spiro atoms. The second-order valence-corrected chi connectivity index (χ2v) is 6.77. The highest BCUT2D eigenvalue weighted by Gasteiger charge is 2.16. The smallest absolute Gasteiger partial charge is 0.240 e. The van der Waals surface area contributed by atoms with E-state index in [0.717, 1.165) is 12.0 Å². The third-order valence-corrected chi connectivity index (χ3v) is 4.53. The lowest BCUT2D eigenvalue weighted by molar-refractivity contribution is 0.161. The highest BCUT2D eigenvalue weighted by Crippen LogP contribution is 2.18. The summed E-state index contributed by atoms with van der Waals surface area (Å²) in [5.41, 5.74) is 6.77. The number of nitrogens with two attached hydrogens (primary N) is 1. The molecule has 1 rings (SSSR count). The van der Waals surface area contributed by atoms with E-state index in [2.05, 4.69) is 4.72 Å². The number of sulfonamides is 1. The van der Waals surface area contributed by atoms with Crippen LogP contribution in [0.3, 0.4) is 0 Å². The number of methoxy groups -OCH3 is 1. The van der Waals surface area contributed by atoms with Crippen LogP contribution in [0.2, 0.25) is 0 Å². The molecule has 6 heteroatoms. The van der Waals surface area contributed by atoms with Gasteiger partial charge in [-0.15, -0.1) is 0 Å².